The lowest BCUT2D eigenvalue weighted by atomic mass is 10.1. The van der Waals surface area contributed by atoms with E-state index in [1.165, 1.54) is 31.1 Å². The van der Waals surface area contributed by atoms with Crippen LogP contribution in [0.15, 0.2) is 60.8 Å². The maximum Gasteiger partial charge on any atom is 0.248 e. The van der Waals surface area contributed by atoms with Crippen LogP contribution in [-0.4, -0.2) is 15.5 Å². The first-order chi connectivity index (χ1) is 13.2. The number of nitrogens with one attached hydrogen (secondary N) is 1. The monoisotopic (exact) mass is 361 g/mol. The SMILES string of the molecule is O=C(/C=C/c1ccc(F)cc1)Nc1ccccc1-c1cn2c(n1)CCCC2. The van der Waals surface area contributed by atoms with Gasteiger partial charge in [0.05, 0.1) is 11.4 Å². The number of halogens is 1. The topological polar surface area (TPSA) is 46.9 Å². The van der Waals surface area contributed by atoms with E-state index in [1.54, 1.807) is 18.2 Å². The number of carbonyl (C=O) groups excluding carboxylic acids is 1. The number of anilines is 1. The van der Waals surface area contributed by atoms with E-state index >= 15 is 0 Å². The van der Waals surface area contributed by atoms with Crippen molar-refractivity contribution in [2.75, 3.05) is 5.32 Å². The molecule has 1 aliphatic heterocycles. The molecule has 27 heavy (non-hydrogen) atoms. The van der Waals surface area contributed by atoms with Crippen molar-refractivity contribution in [3.05, 3.63) is 78.0 Å². The summed E-state index contributed by atoms with van der Waals surface area (Å²) < 4.78 is 15.2. The molecule has 0 saturated heterocycles. The van der Waals surface area contributed by atoms with Crippen molar-refractivity contribution in [2.24, 2.45) is 0 Å². The summed E-state index contributed by atoms with van der Waals surface area (Å²) in [7, 11) is 0. The van der Waals surface area contributed by atoms with Gasteiger partial charge in [-0.25, -0.2) is 9.37 Å². The minimum Gasteiger partial charge on any atom is -0.334 e. The zero-order valence-corrected chi connectivity index (χ0v) is 14.9. The lowest BCUT2D eigenvalue weighted by Crippen LogP contribution is -2.09. The van der Waals surface area contributed by atoms with Gasteiger partial charge in [0, 0.05) is 30.8 Å². The van der Waals surface area contributed by atoms with Crippen LogP contribution in [0.2, 0.25) is 0 Å². The van der Waals surface area contributed by atoms with Crippen molar-refractivity contribution in [3.8, 4) is 11.3 Å². The Kier molecular flexibility index (Phi) is 4.83. The number of rotatable bonds is 4. The normalized spacial score (nSPS) is 13.5. The Morgan fingerprint density at radius 2 is 1.93 bits per heavy atom. The number of hydrogen-bond donors (Lipinski definition) is 1. The van der Waals surface area contributed by atoms with Crippen LogP contribution < -0.4 is 5.32 Å². The Labute approximate surface area is 157 Å². The summed E-state index contributed by atoms with van der Waals surface area (Å²) in [6, 6.07) is 13.7. The molecule has 1 aromatic heterocycles. The molecule has 0 atom stereocenters. The zero-order valence-electron chi connectivity index (χ0n) is 14.9. The summed E-state index contributed by atoms with van der Waals surface area (Å²) in [5.41, 5.74) is 3.27. The molecule has 1 N–H and O–H groups in total. The molecule has 2 heterocycles. The molecule has 1 amide bonds. The average molecular weight is 361 g/mol. The van der Waals surface area contributed by atoms with Gasteiger partial charge in [-0.05, 0) is 42.7 Å². The highest BCUT2D eigenvalue weighted by molar-refractivity contribution is 6.04. The third-order valence-electron chi connectivity index (χ3n) is 4.67. The summed E-state index contributed by atoms with van der Waals surface area (Å²) in [5.74, 6) is 0.567. The molecule has 4 rings (SSSR count). The average Bonchev–Trinajstić information content (AvgIpc) is 3.12. The number of aromatic nitrogens is 2. The summed E-state index contributed by atoms with van der Waals surface area (Å²) in [6.45, 7) is 0.997. The fourth-order valence-corrected chi connectivity index (χ4v) is 3.28. The molecule has 0 radical (unpaired) electrons. The molecule has 0 bridgehead atoms. The molecule has 0 spiro atoms. The quantitative estimate of drug-likeness (QED) is 0.686. The minimum atomic E-state index is -0.298. The van der Waals surface area contributed by atoms with Crippen molar-refractivity contribution in [2.45, 2.75) is 25.8 Å². The van der Waals surface area contributed by atoms with Crippen LogP contribution in [0.25, 0.3) is 17.3 Å². The molecular formula is C22H20FN3O. The van der Waals surface area contributed by atoms with E-state index in [1.807, 2.05) is 24.3 Å². The van der Waals surface area contributed by atoms with Crippen molar-refractivity contribution < 1.29 is 9.18 Å². The first-order valence-electron chi connectivity index (χ1n) is 9.09. The van der Waals surface area contributed by atoms with Crippen LogP contribution in [0.3, 0.4) is 0 Å². The number of para-hydroxylation sites is 1. The lowest BCUT2D eigenvalue weighted by Gasteiger charge is -2.11. The maximum atomic E-state index is 13.0. The van der Waals surface area contributed by atoms with Gasteiger partial charge < -0.3 is 9.88 Å². The molecule has 2 aromatic carbocycles. The van der Waals surface area contributed by atoms with E-state index in [0.717, 1.165) is 41.3 Å². The van der Waals surface area contributed by atoms with Crippen LogP contribution in [-0.2, 0) is 17.8 Å². The van der Waals surface area contributed by atoms with E-state index in [0.29, 0.717) is 0 Å². The molecule has 0 fully saturated rings. The number of benzene rings is 2. The van der Waals surface area contributed by atoms with Gasteiger partial charge in [-0.1, -0.05) is 30.3 Å². The Balaban J connectivity index is 1.53. The second-order valence-electron chi connectivity index (χ2n) is 6.61. The molecule has 3 aromatic rings. The molecule has 136 valence electrons. The number of fused-ring (bicyclic) bond motifs is 1. The highest BCUT2D eigenvalue weighted by Gasteiger charge is 2.15. The standard InChI is InChI=1S/C22H20FN3O/c23-17-11-8-16(9-12-17)10-13-22(27)25-19-6-2-1-5-18(19)20-15-26-14-4-3-7-21(26)24-20/h1-2,5-6,8-13,15H,3-4,7,14H2,(H,25,27)/b13-10+. The van der Waals surface area contributed by atoms with Crippen LogP contribution >= 0.6 is 0 Å². The fraction of sp³-hybridized carbons (Fsp3) is 0.182. The minimum absolute atomic E-state index is 0.240. The molecule has 0 aliphatic carbocycles. The third kappa shape index (κ3) is 3.97. The summed E-state index contributed by atoms with van der Waals surface area (Å²) in [5, 5.41) is 2.92. The highest BCUT2D eigenvalue weighted by Crippen LogP contribution is 2.28. The van der Waals surface area contributed by atoms with Crippen molar-refractivity contribution in [3.63, 3.8) is 0 Å². The molecule has 0 saturated carbocycles. The van der Waals surface area contributed by atoms with Crippen molar-refractivity contribution in [1.82, 2.24) is 9.55 Å². The molecule has 4 nitrogen and oxygen atoms in total. The maximum absolute atomic E-state index is 13.0. The van der Waals surface area contributed by atoms with E-state index < -0.39 is 0 Å². The summed E-state index contributed by atoms with van der Waals surface area (Å²) in [4.78, 5) is 17.1. The van der Waals surface area contributed by atoms with Gasteiger partial charge in [-0.15, -0.1) is 0 Å². The van der Waals surface area contributed by atoms with E-state index in [-0.39, 0.29) is 11.7 Å². The second-order valence-corrected chi connectivity index (χ2v) is 6.61. The number of amides is 1. The largest absolute Gasteiger partial charge is 0.334 e. The van der Waals surface area contributed by atoms with Crippen LogP contribution in [0.5, 0.6) is 0 Å². The number of carbonyl (C=O) groups is 1. The van der Waals surface area contributed by atoms with Crippen molar-refractivity contribution >= 4 is 17.7 Å². The van der Waals surface area contributed by atoms with Gasteiger partial charge >= 0.3 is 0 Å². The van der Waals surface area contributed by atoms with Gasteiger partial charge in [0.1, 0.15) is 11.6 Å². The summed E-state index contributed by atoms with van der Waals surface area (Å²) in [6.07, 6.45) is 8.51. The van der Waals surface area contributed by atoms with Gasteiger partial charge in [0.25, 0.3) is 0 Å². The Morgan fingerprint density at radius 3 is 2.74 bits per heavy atom. The number of aryl methyl sites for hydroxylation is 2. The second kappa shape index (κ2) is 7.58. The van der Waals surface area contributed by atoms with Crippen molar-refractivity contribution in [1.29, 1.82) is 0 Å². The Morgan fingerprint density at radius 1 is 1.11 bits per heavy atom. The predicted molar refractivity (Wildman–Crippen MR) is 105 cm³/mol. The molecule has 1 aliphatic rings. The van der Waals surface area contributed by atoms with Crippen LogP contribution in [0, 0.1) is 5.82 Å². The van der Waals surface area contributed by atoms with E-state index in [4.69, 9.17) is 4.98 Å². The van der Waals surface area contributed by atoms with Gasteiger partial charge in [0.2, 0.25) is 5.91 Å². The van der Waals surface area contributed by atoms with E-state index in [9.17, 15) is 9.18 Å². The van der Waals surface area contributed by atoms with Crippen LogP contribution in [0.1, 0.15) is 24.2 Å². The van der Waals surface area contributed by atoms with Gasteiger partial charge in [0.15, 0.2) is 0 Å². The Bertz CT molecular complexity index is 966. The predicted octanol–water partition coefficient (Wildman–Crippen LogP) is 4.68. The van der Waals surface area contributed by atoms with Gasteiger partial charge in [-0.3, -0.25) is 4.79 Å². The zero-order chi connectivity index (χ0) is 18.6. The number of nitrogens with zero attached hydrogens (tertiary/aromatic N) is 2. The first-order valence-corrected chi connectivity index (χ1v) is 9.09. The molecule has 0 unspecified atom stereocenters. The molecule has 5 heteroatoms. The summed E-state index contributed by atoms with van der Waals surface area (Å²) >= 11 is 0. The van der Waals surface area contributed by atoms with Crippen LogP contribution in [0.4, 0.5) is 10.1 Å². The highest BCUT2D eigenvalue weighted by atomic mass is 19.1. The van der Waals surface area contributed by atoms with E-state index in [2.05, 4.69) is 16.1 Å². The smallest absolute Gasteiger partial charge is 0.248 e. The number of hydrogen-bond acceptors (Lipinski definition) is 2. The fourth-order valence-electron chi connectivity index (χ4n) is 3.28. The first kappa shape index (κ1) is 17.2. The lowest BCUT2D eigenvalue weighted by molar-refractivity contribution is -0.111. The number of imidazole rings is 1. The molecular weight excluding hydrogens is 341 g/mol. The van der Waals surface area contributed by atoms with Gasteiger partial charge in [-0.2, -0.15) is 0 Å². The Hall–Kier alpha value is -3.21. The third-order valence-corrected chi connectivity index (χ3v) is 4.67.